The van der Waals surface area contributed by atoms with Gasteiger partial charge in [0.25, 0.3) is 0 Å². The minimum atomic E-state index is 0.586. The van der Waals surface area contributed by atoms with Crippen molar-refractivity contribution in [1.82, 2.24) is 10.6 Å². The second-order valence-electron chi connectivity index (χ2n) is 5.47. The average Bonchev–Trinajstić information content (AvgIpc) is 2.40. The molecule has 1 fully saturated rings. The summed E-state index contributed by atoms with van der Waals surface area (Å²) >= 11 is 0. The molecule has 3 nitrogen and oxygen atoms in total. The predicted octanol–water partition coefficient (Wildman–Crippen LogP) is 2.07. The Kier molecular flexibility index (Phi) is 5.26. The molecule has 0 saturated carbocycles. The van der Waals surface area contributed by atoms with E-state index in [2.05, 4.69) is 42.7 Å². The molecule has 1 heterocycles. The van der Waals surface area contributed by atoms with E-state index < -0.39 is 0 Å². The number of nitrogens with one attached hydrogen (secondary N) is 2. The Morgan fingerprint density at radius 3 is 2.78 bits per heavy atom. The summed E-state index contributed by atoms with van der Waals surface area (Å²) in [6, 6.07) is 0.671. The van der Waals surface area contributed by atoms with Gasteiger partial charge in [0, 0.05) is 12.6 Å². The summed E-state index contributed by atoms with van der Waals surface area (Å²) in [5, 5.41) is 6.94. The van der Waals surface area contributed by atoms with Crippen molar-refractivity contribution in [2.75, 3.05) is 26.2 Å². The third-order valence-electron chi connectivity index (χ3n) is 3.96. The first kappa shape index (κ1) is 13.6. The lowest BCUT2D eigenvalue weighted by Crippen LogP contribution is -2.41. The average molecular weight is 250 g/mol. The first-order valence-corrected chi connectivity index (χ1v) is 7.22. The monoisotopic (exact) mass is 250 g/mol. The SMILES string of the molecule is CC1C=CC(OCCNC2CCNCC2)=CC1C. The van der Waals surface area contributed by atoms with E-state index in [0.717, 1.165) is 32.0 Å². The third-order valence-corrected chi connectivity index (χ3v) is 3.96. The van der Waals surface area contributed by atoms with Crippen LogP contribution >= 0.6 is 0 Å². The van der Waals surface area contributed by atoms with Crippen molar-refractivity contribution in [3.63, 3.8) is 0 Å². The zero-order valence-electron chi connectivity index (χ0n) is 11.6. The molecule has 0 spiro atoms. The van der Waals surface area contributed by atoms with Gasteiger partial charge in [-0.1, -0.05) is 19.9 Å². The molecular formula is C15H26N2O. The van der Waals surface area contributed by atoms with Crippen LogP contribution in [0, 0.1) is 11.8 Å². The Balaban J connectivity index is 1.61. The lowest BCUT2D eigenvalue weighted by Gasteiger charge is -2.24. The Hall–Kier alpha value is -0.800. The molecule has 2 atom stereocenters. The molecule has 0 amide bonds. The molecule has 1 saturated heterocycles. The summed E-state index contributed by atoms with van der Waals surface area (Å²) in [6.07, 6.45) is 9.04. The molecule has 2 N–H and O–H groups in total. The number of hydrogen-bond acceptors (Lipinski definition) is 3. The van der Waals surface area contributed by atoms with E-state index >= 15 is 0 Å². The van der Waals surface area contributed by atoms with Crippen LogP contribution in [-0.2, 0) is 4.74 Å². The number of piperidine rings is 1. The van der Waals surface area contributed by atoms with E-state index in [1.54, 1.807) is 0 Å². The summed E-state index contributed by atoms with van der Waals surface area (Å²) in [6.45, 7) is 8.47. The highest BCUT2D eigenvalue weighted by atomic mass is 16.5. The standard InChI is InChI=1S/C15H26N2O/c1-12-3-4-15(11-13(12)2)18-10-9-17-14-5-7-16-8-6-14/h3-4,11-14,16-17H,5-10H2,1-2H3. The van der Waals surface area contributed by atoms with Crippen molar-refractivity contribution < 1.29 is 4.74 Å². The second-order valence-corrected chi connectivity index (χ2v) is 5.47. The van der Waals surface area contributed by atoms with E-state index in [1.165, 1.54) is 12.8 Å². The molecule has 3 heteroatoms. The van der Waals surface area contributed by atoms with E-state index in [4.69, 9.17) is 4.74 Å². The molecule has 2 unspecified atom stereocenters. The second kappa shape index (κ2) is 6.95. The van der Waals surface area contributed by atoms with E-state index in [-0.39, 0.29) is 0 Å². The molecule has 1 aliphatic carbocycles. The first-order valence-electron chi connectivity index (χ1n) is 7.22. The summed E-state index contributed by atoms with van der Waals surface area (Å²) in [5.74, 6) is 2.25. The van der Waals surface area contributed by atoms with Crippen molar-refractivity contribution in [2.45, 2.75) is 32.7 Å². The quantitative estimate of drug-likeness (QED) is 0.733. The van der Waals surface area contributed by atoms with Gasteiger partial charge in [-0.2, -0.15) is 0 Å². The van der Waals surface area contributed by atoms with Crippen LogP contribution in [0.4, 0.5) is 0 Å². The van der Waals surface area contributed by atoms with Crippen LogP contribution in [-0.4, -0.2) is 32.3 Å². The van der Waals surface area contributed by atoms with Gasteiger partial charge in [0.05, 0.1) is 0 Å². The van der Waals surface area contributed by atoms with E-state index in [9.17, 15) is 0 Å². The number of allylic oxidation sites excluding steroid dienone is 3. The Bertz CT molecular complexity index is 306. The van der Waals surface area contributed by atoms with Crippen LogP contribution in [0.1, 0.15) is 26.7 Å². The van der Waals surface area contributed by atoms with Crippen LogP contribution in [0.25, 0.3) is 0 Å². The fourth-order valence-electron chi connectivity index (χ4n) is 2.44. The first-order chi connectivity index (χ1) is 8.75. The maximum atomic E-state index is 5.79. The zero-order valence-corrected chi connectivity index (χ0v) is 11.6. The molecule has 1 aliphatic heterocycles. The van der Waals surface area contributed by atoms with E-state index in [1.807, 2.05) is 0 Å². The summed E-state index contributed by atoms with van der Waals surface area (Å²) < 4.78 is 5.79. The summed E-state index contributed by atoms with van der Waals surface area (Å²) in [4.78, 5) is 0. The highest BCUT2D eigenvalue weighted by molar-refractivity contribution is 5.19. The highest BCUT2D eigenvalue weighted by Crippen LogP contribution is 2.22. The maximum Gasteiger partial charge on any atom is 0.115 e. The van der Waals surface area contributed by atoms with Gasteiger partial charge in [-0.3, -0.25) is 0 Å². The fourth-order valence-corrected chi connectivity index (χ4v) is 2.44. The predicted molar refractivity (Wildman–Crippen MR) is 75.4 cm³/mol. The summed E-state index contributed by atoms with van der Waals surface area (Å²) in [7, 11) is 0. The summed E-state index contributed by atoms with van der Waals surface area (Å²) in [5.41, 5.74) is 0. The van der Waals surface area contributed by atoms with Crippen LogP contribution in [0.15, 0.2) is 24.0 Å². The lowest BCUT2D eigenvalue weighted by atomic mass is 9.91. The number of rotatable bonds is 5. The minimum absolute atomic E-state index is 0.586. The molecular weight excluding hydrogens is 224 g/mol. The van der Waals surface area contributed by atoms with Crippen LogP contribution in [0.2, 0.25) is 0 Å². The molecule has 18 heavy (non-hydrogen) atoms. The van der Waals surface area contributed by atoms with Crippen molar-refractivity contribution in [1.29, 1.82) is 0 Å². The van der Waals surface area contributed by atoms with Crippen molar-refractivity contribution >= 4 is 0 Å². The van der Waals surface area contributed by atoms with Gasteiger partial charge >= 0.3 is 0 Å². The van der Waals surface area contributed by atoms with Crippen molar-refractivity contribution in [3.8, 4) is 0 Å². The fraction of sp³-hybridized carbons (Fsp3) is 0.733. The smallest absolute Gasteiger partial charge is 0.115 e. The molecule has 2 aliphatic rings. The molecule has 0 radical (unpaired) electrons. The third kappa shape index (κ3) is 4.14. The Morgan fingerprint density at radius 2 is 2.06 bits per heavy atom. The largest absolute Gasteiger partial charge is 0.493 e. The van der Waals surface area contributed by atoms with Crippen LogP contribution in [0.3, 0.4) is 0 Å². The maximum absolute atomic E-state index is 5.79. The Labute approximate surface area is 111 Å². The number of hydrogen-bond donors (Lipinski definition) is 2. The highest BCUT2D eigenvalue weighted by Gasteiger charge is 2.13. The normalized spacial score (nSPS) is 29.1. The molecule has 0 aromatic carbocycles. The van der Waals surface area contributed by atoms with Crippen LogP contribution < -0.4 is 10.6 Å². The van der Waals surface area contributed by atoms with E-state index in [0.29, 0.717) is 17.9 Å². The van der Waals surface area contributed by atoms with Gasteiger partial charge in [0.1, 0.15) is 12.4 Å². The lowest BCUT2D eigenvalue weighted by molar-refractivity contribution is 0.211. The molecule has 0 aromatic rings. The topological polar surface area (TPSA) is 33.3 Å². The molecule has 2 rings (SSSR count). The van der Waals surface area contributed by atoms with Crippen molar-refractivity contribution in [2.24, 2.45) is 11.8 Å². The molecule has 0 aromatic heterocycles. The minimum Gasteiger partial charge on any atom is -0.493 e. The molecule has 102 valence electrons. The van der Waals surface area contributed by atoms with Gasteiger partial charge in [0.15, 0.2) is 0 Å². The van der Waals surface area contributed by atoms with Crippen LogP contribution in [0.5, 0.6) is 0 Å². The van der Waals surface area contributed by atoms with Gasteiger partial charge in [-0.05, 0) is 49.9 Å². The Morgan fingerprint density at radius 1 is 1.28 bits per heavy atom. The van der Waals surface area contributed by atoms with Crippen molar-refractivity contribution in [3.05, 3.63) is 24.0 Å². The van der Waals surface area contributed by atoms with Gasteiger partial charge in [-0.15, -0.1) is 0 Å². The number of ether oxygens (including phenoxy) is 1. The van der Waals surface area contributed by atoms with Gasteiger partial charge in [0.2, 0.25) is 0 Å². The zero-order chi connectivity index (χ0) is 12.8. The van der Waals surface area contributed by atoms with Gasteiger partial charge < -0.3 is 15.4 Å². The van der Waals surface area contributed by atoms with Gasteiger partial charge in [-0.25, -0.2) is 0 Å². The molecule has 0 bridgehead atoms.